The van der Waals surface area contributed by atoms with E-state index in [9.17, 15) is 0 Å². The molecule has 0 aromatic heterocycles. The van der Waals surface area contributed by atoms with Crippen LogP contribution in [0, 0.1) is 18.3 Å². The summed E-state index contributed by atoms with van der Waals surface area (Å²) < 4.78 is 1.05. The van der Waals surface area contributed by atoms with E-state index in [0.717, 1.165) is 21.3 Å². The lowest BCUT2D eigenvalue weighted by Gasteiger charge is -2.11. The molecule has 0 radical (unpaired) electrons. The second kappa shape index (κ2) is 5.70. The molecule has 90 valence electrons. The maximum absolute atomic E-state index is 9.03. The largest absolute Gasteiger partial charge is 0.381 e. The number of hydrogen-bond acceptors (Lipinski definition) is 2. The monoisotopic (exact) mass is 300 g/mol. The highest BCUT2D eigenvalue weighted by Gasteiger charge is 2.02. The van der Waals surface area contributed by atoms with Gasteiger partial charge in [0.2, 0.25) is 0 Å². The van der Waals surface area contributed by atoms with Crippen LogP contribution in [-0.2, 0) is 6.54 Å². The Bertz CT molecular complexity index is 600. The standard InChI is InChI=1S/C15H13BrN2/c1-11-6-7-14(16)8-15(11)18-10-13-5-3-2-4-12(13)9-17/h2-8,18H,10H2,1H3. The van der Waals surface area contributed by atoms with Crippen LogP contribution in [0.4, 0.5) is 5.69 Å². The molecule has 0 bridgehead atoms. The minimum Gasteiger partial charge on any atom is -0.381 e. The van der Waals surface area contributed by atoms with E-state index in [1.54, 1.807) is 0 Å². The van der Waals surface area contributed by atoms with Gasteiger partial charge in [-0.3, -0.25) is 0 Å². The summed E-state index contributed by atoms with van der Waals surface area (Å²) in [5, 5.41) is 12.4. The van der Waals surface area contributed by atoms with Crippen LogP contribution < -0.4 is 5.32 Å². The molecular weight excluding hydrogens is 288 g/mol. The fourth-order valence-corrected chi connectivity index (χ4v) is 2.12. The van der Waals surface area contributed by atoms with Gasteiger partial charge in [0.05, 0.1) is 11.6 Å². The summed E-state index contributed by atoms with van der Waals surface area (Å²) in [4.78, 5) is 0. The van der Waals surface area contributed by atoms with Crippen LogP contribution in [-0.4, -0.2) is 0 Å². The summed E-state index contributed by atoms with van der Waals surface area (Å²) in [6, 6.07) is 16.0. The molecule has 18 heavy (non-hydrogen) atoms. The zero-order chi connectivity index (χ0) is 13.0. The van der Waals surface area contributed by atoms with Crippen molar-refractivity contribution >= 4 is 21.6 Å². The van der Waals surface area contributed by atoms with Gasteiger partial charge in [-0.1, -0.05) is 40.2 Å². The highest BCUT2D eigenvalue weighted by Crippen LogP contribution is 2.21. The van der Waals surface area contributed by atoms with Crippen LogP contribution in [0.3, 0.4) is 0 Å². The summed E-state index contributed by atoms with van der Waals surface area (Å²) in [5.41, 5.74) is 4.00. The van der Waals surface area contributed by atoms with E-state index in [4.69, 9.17) is 5.26 Å². The molecule has 0 amide bonds. The summed E-state index contributed by atoms with van der Waals surface area (Å²) in [5.74, 6) is 0. The van der Waals surface area contributed by atoms with Crippen molar-refractivity contribution in [1.82, 2.24) is 0 Å². The van der Waals surface area contributed by atoms with Crippen LogP contribution in [0.5, 0.6) is 0 Å². The zero-order valence-electron chi connectivity index (χ0n) is 10.1. The van der Waals surface area contributed by atoms with E-state index in [0.29, 0.717) is 6.54 Å². The number of benzene rings is 2. The highest BCUT2D eigenvalue weighted by molar-refractivity contribution is 9.10. The molecule has 0 saturated heterocycles. The average molecular weight is 301 g/mol. The number of rotatable bonds is 3. The third-order valence-electron chi connectivity index (χ3n) is 2.81. The Hall–Kier alpha value is -1.79. The van der Waals surface area contributed by atoms with Crippen molar-refractivity contribution in [2.24, 2.45) is 0 Å². The van der Waals surface area contributed by atoms with E-state index in [1.807, 2.05) is 36.4 Å². The van der Waals surface area contributed by atoms with Crippen LogP contribution in [0.15, 0.2) is 46.9 Å². The third kappa shape index (κ3) is 2.91. The van der Waals surface area contributed by atoms with Gasteiger partial charge in [-0.05, 0) is 36.2 Å². The van der Waals surface area contributed by atoms with Crippen molar-refractivity contribution < 1.29 is 0 Å². The van der Waals surface area contributed by atoms with Gasteiger partial charge in [0.25, 0.3) is 0 Å². The molecular formula is C15H13BrN2. The Morgan fingerprint density at radius 3 is 2.78 bits per heavy atom. The van der Waals surface area contributed by atoms with E-state index in [-0.39, 0.29) is 0 Å². The van der Waals surface area contributed by atoms with E-state index in [2.05, 4.69) is 40.3 Å². The molecule has 0 heterocycles. The number of nitrogens with one attached hydrogen (secondary N) is 1. The lowest BCUT2D eigenvalue weighted by molar-refractivity contribution is 1.13. The number of aryl methyl sites for hydroxylation is 1. The molecule has 0 aliphatic heterocycles. The van der Waals surface area contributed by atoms with Gasteiger partial charge >= 0.3 is 0 Å². The molecule has 2 rings (SSSR count). The lowest BCUT2D eigenvalue weighted by Crippen LogP contribution is -2.02. The molecule has 3 heteroatoms. The van der Waals surface area contributed by atoms with E-state index in [1.165, 1.54) is 5.56 Å². The molecule has 0 spiro atoms. The van der Waals surface area contributed by atoms with Crippen LogP contribution in [0.2, 0.25) is 0 Å². The van der Waals surface area contributed by atoms with Gasteiger partial charge in [0.1, 0.15) is 0 Å². The van der Waals surface area contributed by atoms with E-state index >= 15 is 0 Å². The van der Waals surface area contributed by atoms with Crippen molar-refractivity contribution in [2.75, 3.05) is 5.32 Å². The molecule has 2 nitrogen and oxygen atoms in total. The maximum Gasteiger partial charge on any atom is 0.0995 e. The maximum atomic E-state index is 9.03. The van der Waals surface area contributed by atoms with Gasteiger partial charge < -0.3 is 5.32 Å². The van der Waals surface area contributed by atoms with Crippen molar-refractivity contribution in [2.45, 2.75) is 13.5 Å². The van der Waals surface area contributed by atoms with Crippen molar-refractivity contribution in [3.63, 3.8) is 0 Å². The van der Waals surface area contributed by atoms with Crippen LogP contribution in [0.25, 0.3) is 0 Å². The Morgan fingerprint density at radius 1 is 1.22 bits per heavy atom. The molecule has 0 unspecified atom stereocenters. The smallest absolute Gasteiger partial charge is 0.0995 e. The second-order valence-electron chi connectivity index (χ2n) is 4.08. The molecule has 0 saturated carbocycles. The van der Waals surface area contributed by atoms with Crippen molar-refractivity contribution in [3.05, 3.63) is 63.6 Å². The predicted octanol–water partition coefficient (Wildman–Crippen LogP) is 4.24. The van der Waals surface area contributed by atoms with Gasteiger partial charge in [-0.25, -0.2) is 0 Å². The predicted molar refractivity (Wildman–Crippen MR) is 77.4 cm³/mol. The zero-order valence-corrected chi connectivity index (χ0v) is 11.7. The molecule has 0 atom stereocenters. The number of halogens is 1. The number of nitriles is 1. The Kier molecular flexibility index (Phi) is 4.01. The van der Waals surface area contributed by atoms with Gasteiger partial charge in [-0.2, -0.15) is 5.26 Å². The molecule has 1 N–H and O–H groups in total. The first-order valence-corrected chi connectivity index (χ1v) is 6.48. The van der Waals surface area contributed by atoms with Gasteiger partial charge in [0.15, 0.2) is 0 Å². The molecule has 0 aliphatic carbocycles. The summed E-state index contributed by atoms with van der Waals surface area (Å²) >= 11 is 3.46. The fourth-order valence-electron chi connectivity index (χ4n) is 1.76. The summed E-state index contributed by atoms with van der Waals surface area (Å²) in [6.45, 7) is 2.71. The Morgan fingerprint density at radius 2 is 2.00 bits per heavy atom. The third-order valence-corrected chi connectivity index (χ3v) is 3.30. The number of hydrogen-bond donors (Lipinski definition) is 1. The molecule has 2 aromatic rings. The van der Waals surface area contributed by atoms with E-state index < -0.39 is 0 Å². The number of nitrogens with zero attached hydrogens (tertiary/aromatic N) is 1. The van der Waals surface area contributed by atoms with Gasteiger partial charge in [0, 0.05) is 16.7 Å². The normalized spacial score (nSPS) is 9.83. The summed E-state index contributed by atoms with van der Waals surface area (Å²) in [7, 11) is 0. The first kappa shape index (κ1) is 12.7. The quantitative estimate of drug-likeness (QED) is 0.920. The SMILES string of the molecule is Cc1ccc(Br)cc1NCc1ccccc1C#N. The van der Waals surface area contributed by atoms with Crippen LogP contribution in [0.1, 0.15) is 16.7 Å². The first-order chi connectivity index (χ1) is 8.70. The Labute approximate surface area is 115 Å². The lowest BCUT2D eigenvalue weighted by atomic mass is 10.1. The minimum atomic E-state index is 0.654. The molecule has 2 aromatic carbocycles. The highest BCUT2D eigenvalue weighted by atomic mass is 79.9. The van der Waals surface area contributed by atoms with Crippen LogP contribution >= 0.6 is 15.9 Å². The van der Waals surface area contributed by atoms with Crippen molar-refractivity contribution in [1.29, 1.82) is 5.26 Å². The fraction of sp³-hybridized carbons (Fsp3) is 0.133. The van der Waals surface area contributed by atoms with Gasteiger partial charge in [-0.15, -0.1) is 0 Å². The summed E-state index contributed by atoms with van der Waals surface area (Å²) in [6.07, 6.45) is 0. The van der Waals surface area contributed by atoms with Crippen molar-refractivity contribution in [3.8, 4) is 6.07 Å². The molecule has 0 aliphatic rings. The topological polar surface area (TPSA) is 35.8 Å². The second-order valence-corrected chi connectivity index (χ2v) is 5.00. The average Bonchev–Trinajstić information content (AvgIpc) is 2.40. The minimum absolute atomic E-state index is 0.654. The molecule has 0 fully saturated rings. The first-order valence-electron chi connectivity index (χ1n) is 5.69. The Balaban J connectivity index is 2.17. The number of anilines is 1.